The maximum absolute atomic E-state index is 3.57. The quantitative estimate of drug-likeness (QED) is 0.639. The molecule has 90 valence electrons. The van der Waals surface area contributed by atoms with Crippen LogP contribution in [-0.2, 0) is 0 Å². The second kappa shape index (κ2) is 7.56. The molecule has 1 aliphatic rings. The Bertz CT molecular complexity index is 159. The molecule has 0 aromatic rings. The summed E-state index contributed by atoms with van der Waals surface area (Å²) in [6.45, 7) is 7.99. The molecular weight excluding hydrogens is 202 g/mol. The smallest absolute Gasteiger partial charge is 0.00104 e. The minimum absolute atomic E-state index is 0.655. The lowest BCUT2D eigenvalue weighted by molar-refractivity contribution is 0.157. The van der Waals surface area contributed by atoms with E-state index in [1.165, 1.54) is 43.7 Å². The molecule has 0 bridgehead atoms. The third-order valence-corrected chi connectivity index (χ3v) is 4.42. The van der Waals surface area contributed by atoms with Crippen LogP contribution in [0.2, 0.25) is 0 Å². The number of hydrogen-bond donors (Lipinski definition) is 1. The first-order valence-electron chi connectivity index (χ1n) is 6.55. The predicted molar refractivity (Wildman–Crippen MR) is 71.6 cm³/mol. The van der Waals surface area contributed by atoms with Crippen LogP contribution >= 0.6 is 11.8 Å². The van der Waals surface area contributed by atoms with Crippen LogP contribution in [0.5, 0.6) is 0 Å². The molecule has 0 amide bonds. The van der Waals surface area contributed by atoms with Gasteiger partial charge in [0.05, 0.1) is 0 Å². The van der Waals surface area contributed by atoms with Gasteiger partial charge in [0.15, 0.2) is 0 Å². The molecule has 0 radical (unpaired) electrons. The molecule has 1 rings (SSSR count). The Labute approximate surface area is 99.8 Å². The average Bonchev–Trinajstić information content (AvgIpc) is 2.15. The Morgan fingerprint density at radius 3 is 2.53 bits per heavy atom. The van der Waals surface area contributed by atoms with Crippen molar-refractivity contribution in [3.63, 3.8) is 0 Å². The number of rotatable bonds is 8. The maximum Gasteiger partial charge on any atom is 0.00104 e. The first-order valence-corrected chi connectivity index (χ1v) is 7.70. The first-order chi connectivity index (χ1) is 7.24. The summed E-state index contributed by atoms with van der Waals surface area (Å²) in [7, 11) is 0. The van der Waals surface area contributed by atoms with Crippen LogP contribution in [0.25, 0.3) is 0 Å². The molecule has 2 heteroatoms. The Morgan fingerprint density at radius 2 is 2.00 bits per heavy atom. The Hall–Kier alpha value is 0.310. The van der Waals surface area contributed by atoms with Crippen LogP contribution in [0.15, 0.2) is 0 Å². The number of thioether (sulfide) groups is 1. The van der Waals surface area contributed by atoms with Crippen LogP contribution in [0.3, 0.4) is 0 Å². The van der Waals surface area contributed by atoms with Crippen LogP contribution in [-0.4, -0.2) is 24.1 Å². The molecule has 1 saturated carbocycles. The second-order valence-corrected chi connectivity index (χ2v) is 6.39. The molecule has 1 aliphatic carbocycles. The molecule has 0 spiro atoms. The van der Waals surface area contributed by atoms with Crippen molar-refractivity contribution in [1.82, 2.24) is 5.32 Å². The van der Waals surface area contributed by atoms with Crippen molar-refractivity contribution in [3.05, 3.63) is 0 Å². The monoisotopic (exact) mass is 229 g/mol. The normalized spacial score (nSPS) is 25.6. The summed E-state index contributed by atoms with van der Waals surface area (Å²) in [5.74, 6) is 4.67. The van der Waals surface area contributed by atoms with Gasteiger partial charge in [0, 0.05) is 6.04 Å². The molecule has 15 heavy (non-hydrogen) atoms. The van der Waals surface area contributed by atoms with Gasteiger partial charge in [-0.2, -0.15) is 11.8 Å². The average molecular weight is 229 g/mol. The third kappa shape index (κ3) is 5.26. The van der Waals surface area contributed by atoms with E-state index in [0.717, 1.165) is 11.8 Å². The largest absolute Gasteiger partial charge is 0.314 e. The summed E-state index contributed by atoms with van der Waals surface area (Å²) in [6, 6.07) is 0.655. The number of hydrogen-bond acceptors (Lipinski definition) is 2. The summed E-state index contributed by atoms with van der Waals surface area (Å²) in [5, 5.41) is 3.57. The highest BCUT2D eigenvalue weighted by atomic mass is 32.2. The van der Waals surface area contributed by atoms with Crippen molar-refractivity contribution in [2.24, 2.45) is 11.8 Å². The van der Waals surface area contributed by atoms with Crippen molar-refractivity contribution in [2.45, 2.75) is 52.5 Å². The van der Waals surface area contributed by atoms with Crippen molar-refractivity contribution in [3.8, 4) is 0 Å². The van der Waals surface area contributed by atoms with Gasteiger partial charge in [0.1, 0.15) is 0 Å². The zero-order valence-electron chi connectivity index (χ0n) is 10.6. The van der Waals surface area contributed by atoms with E-state index in [9.17, 15) is 0 Å². The van der Waals surface area contributed by atoms with Crippen molar-refractivity contribution < 1.29 is 0 Å². The van der Waals surface area contributed by atoms with Gasteiger partial charge >= 0.3 is 0 Å². The summed E-state index contributed by atoms with van der Waals surface area (Å²) in [5.41, 5.74) is 0. The fourth-order valence-electron chi connectivity index (χ4n) is 2.27. The van der Waals surface area contributed by atoms with E-state index in [0.29, 0.717) is 6.04 Å². The molecule has 0 heterocycles. The molecule has 1 nitrogen and oxygen atoms in total. The topological polar surface area (TPSA) is 12.0 Å². The van der Waals surface area contributed by atoms with Gasteiger partial charge in [-0.3, -0.25) is 0 Å². The molecule has 1 N–H and O–H groups in total. The van der Waals surface area contributed by atoms with Crippen molar-refractivity contribution >= 4 is 11.8 Å². The molecule has 2 unspecified atom stereocenters. The molecule has 2 atom stereocenters. The molecule has 0 aliphatic heterocycles. The van der Waals surface area contributed by atoms with Crippen LogP contribution < -0.4 is 5.32 Å². The van der Waals surface area contributed by atoms with Crippen molar-refractivity contribution in [2.75, 3.05) is 18.1 Å². The van der Waals surface area contributed by atoms with E-state index in [4.69, 9.17) is 0 Å². The fourth-order valence-corrected chi connectivity index (χ4v) is 2.93. The second-order valence-electron chi connectivity index (χ2n) is 5.00. The summed E-state index contributed by atoms with van der Waals surface area (Å²) in [6.07, 6.45) is 5.85. The van der Waals surface area contributed by atoms with Gasteiger partial charge in [-0.25, -0.2) is 0 Å². The highest BCUT2D eigenvalue weighted by Gasteiger charge is 2.29. The fraction of sp³-hybridized carbons (Fsp3) is 1.00. The van der Waals surface area contributed by atoms with Gasteiger partial charge in [-0.15, -0.1) is 0 Å². The summed E-state index contributed by atoms with van der Waals surface area (Å²) in [4.78, 5) is 0. The van der Waals surface area contributed by atoms with E-state index in [2.05, 4.69) is 37.8 Å². The maximum atomic E-state index is 3.57. The predicted octanol–water partition coefficient (Wildman–Crippen LogP) is 3.54. The lowest BCUT2D eigenvalue weighted by Gasteiger charge is -2.37. The van der Waals surface area contributed by atoms with Crippen LogP contribution in [0.1, 0.15) is 46.5 Å². The Balaban J connectivity index is 1.99. The minimum atomic E-state index is 0.655. The van der Waals surface area contributed by atoms with E-state index in [1.54, 1.807) is 0 Å². The Kier molecular flexibility index (Phi) is 6.74. The van der Waals surface area contributed by atoms with Gasteiger partial charge in [-0.05, 0) is 55.6 Å². The molecule has 0 aromatic carbocycles. The minimum Gasteiger partial charge on any atom is -0.314 e. The lowest BCUT2D eigenvalue weighted by atomic mass is 9.71. The van der Waals surface area contributed by atoms with Gasteiger partial charge in [0.25, 0.3) is 0 Å². The van der Waals surface area contributed by atoms with E-state index < -0.39 is 0 Å². The Morgan fingerprint density at radius 1 is 1.27 bits per heavy atom. The van der Waals surface area contributed by atoms with E-state index in [-0.39, 0.29) is 0 Å². The highest BCUT2D eigenvalue weighted by molar-refractivity contribution is 7.99. The zero-order chi connectivity index (χ0) is 11.1. The number of nitrogens with one attached hydrogen (secondary N) is 1. The summed E-state index contributed by atoms with van der Waals surface area (Å²) >= 11 is 2.09. The summed E-state index contributed by atoms with van der Waals surface area (Å²) < 4.78 is 0. The molecule has 0 saturated heterocycles. The van der Waals surface area contributed by atoms with Gasteiger partial charge in [0.2, 0.25) is 0 Å². The highest BCUT2D eigenvalue weighted by Crippen LogP contribution is 2.37. The van der Waals surface area contributed by atoms with Gasteiger partial charge < -0.3 is 5.32 Å². The molecular formula is C13H27NS. The van der Waals surface area contributed by atoms with E-state index >= 15 is 0 Å². The standard InChI is InChI=1S/C13H27NS/c1-4-15-9-5-6-12-7-8-13(12)10-14-11(2)3/h11-14H,4-10H2,1-3H3. The van der Waals surface area contributed by atoms with E-state index in [1.807, 2.05) is 0 Å². The lowest BCUT2D eigenvalue weighted by Crippen LogP contribution is -2.37. The third-order valence-electron chi connectivity index (χ3n) is 3.43. The first kappa shape index (κ1) is 13.4. The SMILES string of the molecule is CCSCCCC1CCC1CNC(C)C. The molecule has 0 aromatic heterocycles. The van der Waals surface area contributed by atoms with Crippen LogP contribution in [0.4, 0.5) is 0 Å². The van der Waals surface area contributed by atoms with Gasteiger partial charge in [-0.1, -0.05) is 20.8 Å². The zero-order valence-corrected chi connectivity index (χ0v) is 11.4. The molecule has 1 fully saturated rings. The van der Waals surface area contributed by atoms with Crippen molar-refractivity contribution in [1.29, 1.82) is 0 Å². The van der Waals surface area contributed by atoms with Crippen LogP contribution in [0, 0.1) is 11.8 Å².